The molecule has 0 radical (unpaired) electrons. The lowest BCUT2D eigenvalue weighted by Gasteiger charge is -2.22. The molecule has 0 aliphatic carbocycles. The number of hydrogen-bond donors (Lipinski definition) is 2. The van der Waals surface area contributed by atoms with Crippen molar-refractivity contribution in [3.63, 3.8) is 0 Å². The number of nitrogens with one attached hydrogen (secondary N) is 1. The molecule has 1 amide bonds. The summed E-state index contributed by atoms with van der Waals surface area (Å²) in [6.45, 7) is 3.45. The van der Waals surface area contributed by atoms with E-state index in [1.54, 1.807) is 13.8 Å². The number of halogens is 3. The van der Waals surface area contributed by atoms with Crippen LogP contribution in [0.15, 0.2) is 18.2 Å². The molecule has 0 fully saturated rings. The van der Waals surface area contributed by atoms with Crippen LogP contribution in [-0.2, 0) is 15.7 Å². The van der Waals surface area contributed by atoms with Crippen LogP contribution in [0.4, 0.5) is 24.5 Å². The molecular weight excluding hydrogens is 273 g/mol. The minimum atomic E-state index is -4.46. The number of hydrogen-bond acceptors (Lipinski definition) is 3. The summed E-state index contributed by atoms with van der Waals surface area (Å²) in [5.41, 5.74) is 4.01. The number of ether oxygens (including phenoxy) is 1. The van der Waals surface area contributed by atoms with E-state index in [2.05, 4.69) is 5.32 Å². The summed E-state index contributed by atoms with van der Waals surface area (Å²) in [6, 6.07) is 2.79. The Bertz CT molecular complexity index is 499. The van der Waals surface area contributed by atoms with Crippen molar-refractivity contribution < 1.29 is 22.7 Å². The first-order chi connectivity index (χ1) is 9.05. The highest BCUT2D eigenvalue weighted by molar-refractivity contribution is 5.94. The third kappa shape index (κ3) is 4.41. The summed E-state index contributed by atoms with van der Waals surface area (Å²) >= 11 is 0. The number of carbonyl (C=O) groups excluding carboxylic acids is 1. The van der Waals surface area contributed by atoms with Crippen molar-refractivity contribution in [2.24, 2.45) is 0 Å². The molecule has 0 unspecified atom stereocenters. The molecule has 0 spiro atoms. The van der Waals surface area contributed by atoms with E-state index in [9.17, 15) is 18.0 Å². The van der Waals surface area contributed by atoms with Gasteiger partial charge in [-0.25, -0.2) is 0 Å². The fourth-order valence-electron chi connectivity index (χ4n) is 1.51. The van der Waals surface area contributed by atoms with Crippen molar-refractivity contribution in [2.75, 3.05) is 18.2 Å². The average Bonchev–Trinajstić information content (AvgIpc) is 2.29. The van der Waals surface area contributed by atoms with Crippen LogP contribution in [0.2, 0.25) is 0 Å². The van der Waals surface area contributed by atoms with Crippen LogP contribution in [0.1, 0.15) is 25.8 Å². The van der Waals surface area contributed by atoms with Gasteiger partial charge in [-0.05, 0) is 32.0 Å². The van der Waals surface area contributed by atoms with Crippen LogP contribution < -0.4 is 11.1 Å². The molecule has 0 bridgehead atoms. The van der Waals surface area contributed by atoms with Gasteiger partial charge in [0.15, 0.2) is 0 Å². The quantitative estimate of drug-likeness (QED) is 0.838. The second kappa shape index (κ2) is 5.70. The second-order valence-corrected chi connectivity index (χ2v) is 4.99. The molecule has 20 heavy (non-hydrogen) atoms. The number of rotatable bonds is 4. The maximum Gasteiger partial charge on any atom is 0.416 e. The van der Waals surface area contributed by atoms with Gasteiger partial charge in [-0.3, -0.25) is 4.79 Å². The van der Waals surface area contributed by atoms with E-state index >= 15 is 0 Å². The molecule has 0 aliphatic heterocycles. The number of benzene rings is 1. The fraction of sp³-hybridized carbons (Fsp3) is 0.462. The Balaban J connectivity index is 2.82. The normalized spacial score (nSPS) is 12.3. The predicted molar refractivity (Wildman–Crippen MR) is 70.2 cm³/mol. The van der Waals surface area contributed by atoms with Crippen molar-refractivity contribution in [2.45, 2.75) is 32.0 Å². The third-order valence-electron chi connectivity index (χ3n) is 2.79. The van der Waals surface area contributed by atoms with E-state index in [1.807, 2.05) is 0 Å². The molecule has 0 atom stereocenters. The molecule has 0 aliphatic rings. The standard InChI is InChI=1S/C13H17F3N2O2/c1-12(2,20-3)7-11(19)18-10-5-4-8(6-9(10)17)13(14,15)16/h4-6H,7,17H2,1-3H3,(H,18,19). The second-order valence-electron chi connectivity index (χ2n) is 4.99. The highest BCUT2D eigenvalue weighted by atomic mass is 19.4. The first kappa shape index (κ1) is 16.3. The number of anilines is 2. The van der Waals surface area contributed by atoms with E-state index in [1.165, 1.54) is 7.11 Å². The Morgan fingerprint density at radius 1 is 1.35 bits per heavy atom. The predicted octanol–water partition coefficient (Wildman–Crippen LogP) is 3.04. The lowest BCUT2D eigenvalue weighted by atomic mass is 10.0. The van der Waals surface area contributed by atoms with Gasteiger partial charge < -0.3 is 15.8 Å². The summed E-state index contributed by atoms with van der Waals surface area (Å²) in [4.78, 5) is 11.8. The minimum Gasteiger partial charge on any atom is -0.397 e. The van der Waals surface area contributed by atoms with Crippen molar-refractivity contribution >= 4 is 17.3 Å². The first-order valence-corrected chi connectivity index (χ1v) is 5.87. The number of alkyl halides is 3. The highest BCUT2D eigenvalue weighted by Crippen LogP contribution is 2.32. The molecule has 112 valence electrons. The van der Waals surface area contributed by atoms with Crippen molar-refractivity contribution in [3.05, 3.63) is 23.8 Å². The first-order valence-electron chi connectivity index (χ1n) is 5.87. The van der Waals surface area contributed by atoms with Gasteiger partial charge in [0, 0.05) is 7.11 Å². The summed E-state index contributed by atoms with van der Waals surface area (Å²) in [6.07, 6.45) is -4.40. The minimum absolute atomic E-state index is 0.0595. The Hall–Kier alpha value is -1.76. The molecule has 7 heteroatoms. The van der Waals surface area contributed by atoms with Crippen LogP contribution in [0.3, 0.4) is 0 Å². The Labute approximate surface area is 115 Å². The lowest BCUT2D eigenvalue weighted by Crippen LogP contribution is -2.29. The van der Waals surface area contributed by atoms with Gasteiger partial charge in [-0.15, -0.1) is 0 Å². The van der Waals surface area contributed by atoms with E-state index in [0.717, 1.165) is 18.2 Å². The van der Waals surface area contributed by atoms with E-state index in [4.69, 9.17) is 10.5 Å². The SMILES string of the molecule is COC(C)(C)CC(=O)Nc1ccc(C(F)(F)F)cc1N. The molecule has 1 aromatic carbocycles. The van der Waals surface area contributed by atoms with Gasteiger partial charge in [0.05, 0.1) is 29.0 Å². The van der Waals surface area contributed by atoms with Crippen molar-refractivity contribution in [1.82, 2.24) is 0 Å². The molecule has 0 saturated carbocycles. The summed E-state index contributed by atoms with van der Waals surface area (Å²) in [5.74, 6) is -0.386. The highest BCUT2D eigenvalue weighted by Gasteiger charge is 2.31. The summed E-state index contributed by atoms with van der Waals surface area (Å²) in [7, 11) is 1.47. The maximum atomic E-state index is 12.5. The van der Waals surface area contributed by atoms with Gasteiger partial charge in [-0.1, -0.05) is 0 Å². The maximum absolute atomic E-state index is 12.5. The van der Waals surface area contributed by atoms with E-state index in [-0.39, 0.29) is 23.7 Å². The number of carbonyl (C=O) groups is 1. The smallest absolute Gasteiger partial charge is 0.397 e. The van der Waals surface area contributed by atoms with Crippen LogP contribution in [-0.4, -0.2) is 18.6 Å². The molecule has 0 heterocycles. The van der Waals surface area contributed by atoms with Gasteiger partial charge in [0.1, 0.15) is 0 Å². The van der Waals surface area contributed by atoms with Gasteiger partial charge in [0.25, 0.3) is 0 Å². The van der Waals surface area contributed by atoms with Crippen LogP contribution in [0.25, 0.3) is 0 Å². The Morgan fingerprint density at radius 3 is 2.40 bits per heavy atom. The summed E-state index contributed by atoms with van der Waals surface area (Å²) in [5, 5.41) is 2.47. The van der Waals surface area contributed by atoms with Gasteiger partial charge in [-0.2, -0.15) is 13.2 Å². The zero-order valence-electron chi connectivity index (χ0n) is 11.5. The Morgan fingerprint density at radius 2 is 1.95 bits per heavy atom. The van der Waals surface area contributed by atoms with Crippen molar-refractivity contribution in [1.29, 1.82) is 0 Å². The topological polar surface area (TPSA) is 64.3 Å². The number of methoxy groups -OCH3 is 1. The number of amides is 1. The van der Waals surface area contributed by atoms with Crippen LogP contribution in [0, 0.1) is 0 Å². The molecule has 0 saturated heterocycles. The molecule has 0 aromatic heterocycles. The van der Waals surface area contributed by atoms with Crippen LogP contribution in [0.5, 0.6) is 0 Å². The number of nitrogens with two attached hydrogens (primary N) is 1. The van der Waals surface area contributed by atoms with Gasteiger partial charge >= 0.3 is 6.18 Å². The summed E-state index contributed by atoms with van der Waals surface area (Å²) < 4.78 is 42.5. The Kier molecular flexibility index (Phi) is 4.65. The lowest BCUT2D eigenvalue weighted by molar-refractivity contribution is -0.137. The third-order valence-corrected chi connectivity index (χ3v) is 2.79. The van der Waals surface area contributed by atoms with Crippen LogP contribution >= 0.6 is 0 Å². The molecule has 1 aromatic rings. The largest absolute Gasteiger partial charge is 0.416 e. The molecule has 3 N–H and O–H groups in total. The molecule has 1 rings (SSSR count). The van der Waals surface area contributed by atoms with E-state index in [0.29, 0.717) is 0 Å². The molecule has 4 nitrogen and oxygen atoms in total. The monoisotopic (exact) mass is 290 g/mol. The zero-order valence-corrected chi connectivity index (χ0v) is 11.5. The van der Waals surface area contributed by atoms with Gasteiger partial charge in [0.2, 0.25) is 5.91 Å². The molecular formula is C13H17F3N2O2. The van der Waals surface area contributed by atoms with E-state index < -0.39 is 17.3 Å². The van der Waals surface area contributed by atoms with Crippen molar-refractivity contribution in [3.8, 4) is 0 Å². The number of nitrogen functional groups attached to an aromatic ring is 1. The fourth-order valence-corrected chi connectivity index (χ4v) is 1.51. The average molecular weight is 290 g/mol. The zero-order chi connectivity index (χ0) is 15.6.